The molecular formula is C12H11N3O3. The summed E-state index contributed by atoms with van der Waals surface area (Å²) in [6, 6.07) is 4.99. The van der Waals surface area contributed by atoms with Gasteiger partial charge in [0.15, 0.2) is 0 Å². The molecule has 1 aromatic carbocycles. The van der Waals surface area contributed by atoms with Crippen LogP contribution >= 0.6 is 0 Å². The van der Waals surface area contributed by atoms with E-state index >= 15 is 0 Å². The number of nitrogens with one attached hydrogen (secondary N) is 1. The van der Waals surface area contributed by atoms with Crippen LogP contribution in [0.25, 0.3) is 10.9 Å². The van der Waals surface area contributed by atoms with Gasteiger partial charge in [-0.2, -0.15) is 9.78 Å². The molecule has 1 aliphatic rings. The van der Waals surface area contributed by atoms with Crippen LogP contribution < -0.4 is 5.32 Å². The fourth-order valence-corrected chi connectivity index (χ4v) is 2.15. The zero-order valence-corrected chi connectivity index (χ0v) is 9.71. The number of carbonyl (C=O) groups is 2. The highest BCUT2D eigenvalue weighted by atomic mass is 16.5. The van der Waals surface area contributed by atoms with Crippen molar-refractivity contribution in [2.24, 2.45) is 0 Å². The molecule has 3 rings (SSSR count). The minimum atomic E-state index is -0.629. The summed E-state index contributed by atoms with van der Waals surface area (Å²) in [6.07, 6.45) is 1.63. The van der Waals surface area contributed by atoms with Crippen molar-refractivity contribution in [1.82, 2.24) is 9.78 Å². The predicted molar refractivity (Wildman–Crippen MR) is 64.4 cm³/mol. The number of carbonyl (C=O) groups excluding carboxylic acids is 2. The van der Waals surface area contributed by atoms with Crippen LogP contribution in [-0.4, -0.2) is 34.8 Å². The lowest BCUT2D eigenvalue weighted by Crippen LogP contribution is -2.39. The third-order valence-electron chi connectivity index (χ3n) is 3.03. The first-order valence-electron chi connectivity index (χ1n) is 5.55. The van der Waals surface area contributed by atoms with E-state index in [1.807, 2.05) is 18.2 Å². The molecule has 1 aromatic heterocycles. The Morgan fingerprint density at radius 2 is 2.39 bits per heavy atom. The minimum Gasteiger partial charge on any atom is -0.469 e. The van der Waals surface area contributed by atoms with Gasteiger partial charge >= 0.3 is 5.97 Å². The maximum absolute atomic E-state index is 12.1. The Bertz CT molecular complexity index is 647. The maximum atomic E-state index is 12.1. The van der Waals surface area contributed by atoms with Crippen molar-refractivity contribution in [3.8, 4) is 0 Å². The van der Waals surface area contributed by atoms with E-state index in [2.05, 4.69) is 15.2 Å². The van der Waals surface area contributed by atoms with Gasteiger partial charge in [0.1, 0.15) is 11.6 Å². The second-order valence-corrected chi connectivity index (χ2v) is 4.12. The van der Waals surface area contributed by atoms with Crippen LogP contribution in [0.4, 0.5) is 5.69 Å². The quantitative estimate of drug-likeness (QED) is 0.800. The molecule has 1 unspecified atom stereocenters. The highest BCUT2D eigenvalue weighted by molar-refractivity contribution is 6.05. The normalized spacial score (nSPS) is 17.6. The smallest absolute Gasteiger partial charge is 0.308 e. The van der Waals surface area contributed by atoms with E-state index in [1.54, 1.807) is 6.20 Å². The topological polar surface area (TPSA) is 73.2 Å². The molecule has 1 N–H and O–H groups in total. The van der Waals surface area contributed by atoms with E-state index in [0.29, 0.717) is 0 Å². The van der Waals surface area contributed by atoms with Crippen LogP contribution in [-0.2, 0) is 9.53 Å². The van der Waals surface area contributed by atoms with Gasteiger partial charge in [0.25, 0.3) is 5.91 Å². The summed E-state index contributed by atoms with van der Waals surface area (Å²) in [5, 5.41) is 8.01. The van der Waals surface area contributed by atoms with Gasteiger partial charge in [-0.15, -0.1) is 0 Å². The molecule has 6 nitrogen and oxygen atoms in total. The molecule has 1 aliphatic heterocycles. The molecule has 0 spiro atoms. The number of hydrogen-bond donors (Lipinski definition) is 1. The Morgan fingerprint density at radius 1 is 1.56 bits per heavy atom. The van der Waals surface area contributed by atoms with Gasteiger partial charge in [-0.25, -0.2) is 0 Å². The van der Waals surface area contributed by atoms with Crippen molar-refractivity contribution >= 4 is 28.5 Å². The number of methoxy groups -OCH3 is 1. The molecule has 18 heavy (non-hydrogen) atoms. The summed E-state index contributed by atoms with van der Waals surface area (Å²) in [5.41, 5.74) is 1.56. The van der Waals surface area contributed by atoms with Gasteiger partial charge < -0.3 is 10.1 Å². The molecule has 92 valence electrons. The highest BCUT2D eigenvalue weighted by Gasteiger charge is 2.30. The lowest BCUT2D eigenvalue weighted by Gasteiger charge is -2.23. The fraction of sp³-hybridized carbons (Fsp3) is 0.250. The molecule has 2 heterocycles. The summed E-state index contributed by atoms with van der Waals surface area (Å²) in [5.74, 6) is -0.669. The summed E-state index contributed by atoms with van der Waals surface area (Å²) < 4.78 is 5.93. The molecular weight excluding hydrogens is 234 g/mol. The van der Waals surface area contributed by atoms with Crippen LogP contribution in [0.5, 0.6) is 0 Å². The van der Waals surface area contributed by atoms with Crippen molar-refractivity contribution in [3.05, 3.63) is 24.4 Å². The first-order chi connectivity index (χ1) is 8.70. The largest absolute Gasteiger partial charge is 0.469 e. The van der Waals surface area contributed by atoms with Crippen LogP contribution in [0.2, 0.25) is 0 Å². The van der Waals surface area contributed by atoms with E-state index in [-0.39, 0.29) is 12.3 Å². The number of nitrogens with zero attached hydrogens (tertiary/aromatic N) is 2. The number of ether oxygens (including phenoxy) is 1. The summed E-state index contributed by atoms with van der Waals surface area (Å²) in [6.45, 7) is 0. The van der Waals surface area contributed by atoms with Crippen molar-refractivity contribution < 1.29 is 14.3 Å². The molecule has 0 saturated carbocycles. The highest BCUT2D eigenvalue weighted by Crippen LogP contribution is 2.28. The Morgan fingerprint density at radius 3 is 3.17 bits per heavy atom. The Kier molecular flexibility index (Phi) is 2.29. The lowest BCUT2D eigenvalue weighted by atomic mass is 10.1. The third kappa shape index (κ3) is 1.46. The number of aromatic nitrogens is 2. The average Bonchev–Trinajstić information content (AvgIpc) is 2.81. The fourth-order valence-electron chi connectivity index (χ4n) is 2.15. The molecule has 0 saturated heterocycles. The Hall–Kier alpha value is -2.37. The first kappa shape index (κ1) is 10.8. The summed E-state index contributed by atoms with van der Waals surface area (Å²) in [4.78, 5) is 23.4. The molecule has 0 radical (unpaired) electrons. The number of anilines is 1. The third-order valence-corrected chi connectivity index (χ3v) is 3.03. The average molecular weight is 245 g/mol. The van der Waals surface area contributed by atoms with Gasteiger partial charge in [0, 0.05) is 5.39 Å². The van der Waals surface area contributed by atoms with Crippen LogP contribution in [0.15, 0.2) is 24.4 Å². The molecule has 1 atom stereocenters. The van der Waals surface area contributed by atoms with Crippen molar-refractivity contribution in [2.45, 2.75) is 12.5 Å². The van der Waals surface area contributed by atoms with Gasteiger partial charge in [0.05, 0.1) is 25.4 Å². The molecule has 0 fully saturated rings. The van der Waals surface area contributed by atoms with Gasteiger partial charge in [-0.1, -0.05) is 12.1 Å². The van der Waals surface area contributed by atoms with E-state index in [4.69, 9.17) is 0 Å². The summed E-state index contributed by atoms with van der Waals surface area (Å²) >= 11 is 0. The second kappa shape index (κ2) is 3.83. The van der Waals surface area contributed by atoms with Crippen LogP contribution in [0.3, 0.4) is 0 Å². The molecule has 0 amide bonds. The number of para-hydroxylation sites is 1. The molecule has 0 bridgehead atoms. The number of rotatable bonds is 2. The van der Waals surface area contributed by atoms with Gasteiger partial charge in [-0.3, -0.25) is 9.59 Å². The van der Waals surface area contributed by atoms with E-state index in [9.17, 15) is 9.59 Å². The zero-order valence-electron chi connectivity index (χ0n) is 9.71. The van der Waals surface area contributed by atoms with Crippen molar-refractivity contribution in [1.29, 1.82) is 0 Å². The zero-order chi connectivity index (χ0) is 12.7. The standard InChI is InChI=1S/C12H11N3O3/c1-18-10(16)5-9-12(17)15-11-7(6-13-15)3-2-4-8(11)14-9/h2-4,6,9,14H,5H2,1H3. The monoisotopic (exact) mass is 245 g/mol. The second-order valence-electron chi connectivity index (χ2n) is 4.12. The Balaban J connectivity index is 2.04. The lowest BCUT2D eigenvalue weighted by molar-refractivity contribution is -0.140. The maximum Gasteiger partial charge on any atom is 0.308 e. The summed E-state index contributed by atoms with van der Waals surface area (Å²) in [7, 11) is 1.30. The van der Waals surface area contributed by atoms with Crippen LogP contribution in [0, 0.1) is 0 Å². The molecule has 6 heteroatoms. The molecule has 2 aromatic rings. The Labute approximate surface area is 103 Å². The van der Waals surface area contributed by atoms with Crippen LogP contribution in [0.1, 0.15) is 11.2 Å². The van der Waals surface area contributed by atoms with E-state index < -0.39 is 12.0 Å². The van der Waals surface area contributed by atoms with Crippen molar-refractivity contribution in [3.63, 3.8) is 0 Å². The molecule has 0 aliphatic carbocycles. The predicted octanol–water partition coefficient (Wildman–Crippen LogP) is 1.03. The number of esters is 1. The number of benzene rings is 1. The van der Waals surface area contributed by atoms with E-state index in [0.717, 1.165) is 16.6 Å². The van der Waals surface area contributed by atoms with E-state index in [1.165, 1.54) is 11.8 Å². The SMILES string of the molecule is COC(=O)CC1Nc2cccc3cnn(c23)C1=O. The first-order valence-corrected chi connectivity index (χ1v) is 5.55. The van der Waals surface area contributed by atoms with Gasteiger partial charge in [-0.05, 0) is 6.07 Å². The van der Waals surface area contributed by atoms with Crippen molar-refractivity contribution in [2.75, 3.05) is 12.4 Å². The minimum absolute atomic E-state index is 0.00891. The van der Waals surface area contributed by atoms with Gasteiger partial charge in [0.2, 0.25) is 0 Å². The number of hydrogen-bond acceptors (Lipinski definition) is 5.